The van der Waals surface area contributed by atoms with Gasteiger partial charge in [-0.15, -0.1) is 0 Å². The van der Waals surface area contributed by atoms with E-state index in [1.165, 1.54) is 117 Å². The first kappa shape index (κ1) is 63.8. The minimum Gasteiger partial charge on any atom is -0.241 e. The summed E-state index contributed by atoms with van der Waals surface area (Å²) in [5.74, 6) is 3.60. The molecule has 0 spiro atoms. The summed E-state index contributed by atoms with van der Waals surface area (Å²) in [5.41, 5.74) is 29.9. The highest BCUT2D eigenvalue weighted by Crippen LogP contribution is 2.33. The van der Waals surface area contributed by atoms with Crippen LogP contribution in [0, 0.1) is 73.6 Å². The topological polar surface area (TPSA) is 89.0 Å². The van der Waals surface area contributed by atoms with Crippen molar-refractivity contribution in [1.29, 1.82) is 0 Å². The lowest BCUT2D eigenvalue weighted by Gasteiger charge is -2.16. The van der Waals surface area contributed by atoms with Gasteiger partial charge in [-0.05, 0) is 197 Å². The first-order chi connectivity index (χ1) is 42.8. The third kappa shape index (κ3) is 14.1. The van der Waals surface area contributed by atoms with Gasteiger partial charge in [0.25, 0.3) is 0 Å². The average Bonchev–Trinajstić information content (AvgIpc) is 0.857. The van der Waals surface area contributed by atoms with E-state index >= 15 is 0 Å². The summed E-state index contributed by atoms with van der Waals surface area (Å²) in [6, 6.07) is 46.7. The van der Waals surface area contributed by atoms with Crippen LogP contribution in [-0.4, -0.2) is 29.9 Å². The number of hydrogen-bond acceptors (Lipinski definition) is 6. The van der Waals surface area contributed by atoms with Crippen LogP contribution in [-0.2, 0) is 34.0 Å². The zero-order valence-electron chi connectivity index (χ0n) is 56.7. The number of hydrogen-bond donors (Lipinski definition) is 0. The van der Waals surface area contributed by atoms with Crippen LogP contribution in [0.25, 0.3) is 99.9 Å². The third-order valence-electron chi connectivity index (χ3n) is 17.7. The van der Waals surface area contributed by atoms with Gasteiger partial charge in [-0.1, -0.05) is 83.4 Å². The Kier molecular flexibility index (Phi) is 18.8. The van der Waals surface area contributed by atoms with Crippen molar-refractivity contribution >= 4 is 32.7 Å². The van der Waals surface area contributed by atoms with Crippen molar-refractivity contribution in [3.63, 3.8) is 0 Å². The zero-order valence-corrected chi connectivity index (χ0v) is 56.7. The lowest BCUT2D eigenvalue weighted by Crippen LogP contribution is -2.32. The molecule has 0 saturated heterocycles. The van der Waals surface area contributed by atoms with Crippen molar-refractivity contribution in [2.75, 3.05) is 0 Å². The summed E-state index contributed by atoms with van der Waals surface area (Å²) >= 11 is 0. The Bertz CT molecular complexity index is 4630. The molecule has 6 heterocycles. The van der Waals surface area contributed by atoms with E-state index in [-0.39, 0.29) is 5.41 Å². The molecule has 0 unspecified atom stereocenters. The molecule has 6 aromatic heterocycles. The number of rotatable bonds is 10. The molecule has 0 fully saturated rings. The van der Waals surface area contributed by atoms with Crippen LogP contribution in [0.3, 0.4) is 0 Å². The maximum atomic E-state index is 4.60. The molecule has 6 aromatic carbocycles. The number of pyridine rings is 3. The molecule has 9 nitrogen and oxygen atoms in total. The Morgan fingerprint density at radius 3 is 0.967 bits per heavy atom. The standard InChI is InChI=1S/C28H32N3.C27H30N3.C26H28N3/c1-18-12-19(2)20(3)24(13-18)26-11-9-22-14-21(8-10-25(22)31(26)7)23-16-29-27(30-17-23)15-28(4,5)6;1-17(2)11-27-28-15-23(16-29-27)21-7-9-25-22(14-21)8-10-26(30(25)6)24-13-18(3)12-19(4)20(24)5;1-16(2)26-27-14-22(15-28-26)20-7-9-24-21(13-20)8-10-25(29(24)6)23-12-17(3)11-18(4)19(23)5/h8-14,16-17H,15H2,1-7H3;7-10,12-17H,11H2,1-6H3;7-16H,1-6H3/q3*+1. The number of aromatic nitrogens is 9. The van der Waals surface area contributed by atoms with Gasteiger partial charge < -0.3 is 0 Å². The Morgan fingerprint density at radius 2 is 0.667 bits per heavy atom. The predicted octanol–water partition coefficient (Wildman–Crippen LogP) is 18.1. The van der Waals surface area contributed by atoms with Crippen LogP contribution in [0.5, 0.6) is 0 Å². The molecule has 0 saturated carbocycles. The number of fused-ring (bicyclic) bond motifs is 3. The lowest BCUT2D eigenvalue weighted by atomic mass is 9.92. The van der Waals surface area contributed by atoms with Gasteiger partial charge in [0.15, 0.2) is 0 Å². The van der Waals surface area contributed by atoms with Crippen LogP contribution in [0.1, 0.15) is 122 Å². The fraction of sp³-hybridized carbons (Fsp3) is 0.296. The molecule has 0 N–H and O–H groups in total. The van der Waals surface area contributed by atoms with Gasteiger partial charge in [0.05, 0.1) is 0 Å². The maximum absolute atomic E-state index is 4.60. The Labute approximate surface area is 534 Å². The maximum Gasteiger partial charge on any atom is 0.213 e. The first-order valence-corrected chi connectivity index (χ1v) is 31.8. The van der Waals surface area contributed by atoms with E-state index in [9.17, 15) is 0 Å². The molecule has 12 rings (SSSR count). The van der Waals surface area contributed by atoms with Gasteiger partial charge >= 0.3 is 0 Å². The average molecular weight is 1190 g/mol. The minimum absolute atomic E-state index is 0.186. The van der Waals surface area contributed by atoms with E-state index in [2.05, 4.69) is 303 Å². The monoisotopic (exact) mass is 1190 g/mol. The van der Waals surface area contributed by atoms with Crippen LogP contribution in [0.2, 0.25) is 0 Å². The Hall–Kier alpha value is -9.21. The van der Waals surface area contributed by atoms with E-state index in [1.54, 1.807) is 0 Å². The summed E-state index contributed by atoms with van der Waals surface area (Å²) in [5, 5.41) is 3.64. The van der Waals surface area contributed by atoms with Gasteiger partial charge in [-0.2, -0.15) is 13.7 Å². The van der Waals surface area contributed by atoms with Gasteiger partial charge in [0.1, 0.15) is 38.6 Å². The SMILES string of the molecule is Cc1cc(C)c(C)c(-c2ccc3cc(-c4cnc(C(C)C)nc4)ccc3[n+]2C)c1.Cc1cc(C)c(C)c(-c2ccc3cc(-c4cnc(CC(C)(C)C)nc4)ccc3[n+]2C)c1.Cc1cc(C)c(C)c(-c2ccc3cc(-c4cnc(CC(C)C)nc4)ccc3[n+]2C)c1. The normalized spacial score (nSPS) is 11.6. The van der Waals surface area contributed by atoms with Crippen molar-refractivity contribution in [1.82, 2.24) is 29.9 Å². The van der Waals surface area contributed by atoms with E-state index in [0.717, 1.165) is 63.7 Å². The van der Waals surface area contributed by atoms with Crippen molar-refractivity contribution in [3.8, 4) is 67.2 Å². The number of aryl methyl sites for hydroxylation is 9. The fourth-order valence-electron chi connectivity index (χ4n) is 12.3. The largest absolute Gasteiger partial charge is 0.241 e. The van der Waals surface area contributed by atoms with Gasteiger partial charge in [0, 0.05) is 142 Å². The second-order valence-corrected chi connectivity index (χ2v) is 27.0. The highest BCUT2D eigenvalue weighted by molar-refractivity contribution is 5.86. The Morgan fingerprint density at radius 1 is 0.356 bits per heavy atom. The molecular weight excluding hydrogens is 1100 g/mol. The van der Waals surface area contributed by atoms with Gasteiger partial charge in [-0.3, -0.25) is 0 Å². The predicted molar refractivity (Wildman–Crippen MR) is 373 cm³/mol. The van der Waals surface area contributed by atoms with E-state index < -0.39 is 0 Å². The summed E-state index contributed by atoms with van der Waals surface area (Å²) in [6.45, 7) is 34.9. The molecule has 0 bridgehead atoms. The molecule has 0 atom stereocenters. The molecule has 0 aliphatic rings. The third-order valence-corrected chi connectivity index (χ3v) is 17.7. The highest BCUT2D eigenvalue weighted by atomic mass is 15.0. The van der Waals surface area contributed by atoms with Crippen molar-refractivity contribution in [2.45, 2.75) is 130 Å². The van der Waals surface area contributed by atoms with Crippen molar-refractivity contribution in [2.24, 2.45) is 32.5 Å². The quantitative estimate of drug-likeness (QED) is 0.127. The molecule has 0 aliphatic heterocycles. The first-order valence-electron chi connectivity index (χ1n) is 31.8. The number of benzene rings is 6. The molecule has 9 heteroatoms. The molecular formula is C81H90N9+3. The molecule has 90 heavy (non-hydrogen) atoms. The Balaban J connectivity index is 0.000000149. The van der Waals surface area contributed by atoms with Crippen molar-refractivity contribution in [3.05, 3.63) is 232 Å². The highest BCUT2D eigenvalue weighted by Gasteiger charge is 2.22. The van der Waals surface area contributed by atoms with E-state index in [1.807, 2.05) is 37.2 Å². The summed E-state index contributed by atoms with van der Waals surface area (Å²) in [6.07, 6.45) is 13.4. The second kappa shape index (κ2) is 26.5. The second-order valence-electron chi connectivity index (χ2n) is 27.0. The fourth-order valence-corrected chi connectivity index (χ4v) is 12.3. The summed E-state index contributed by atoms with van der Waals surface area (Å²) in [7, 11) is 6.45. The van der Waals surface area contributed by atoms with Crippen molar-refractivity contribution < 1.29 is 13.7 Å². The smallest absolute Gasteiger partial charge is 0.213 e. The van der Waals surface area contributed by atoms with Gasteiger partial charge in [-0.25, -0.2) is 29.9 Å². The van der Waals surface area contributed by atoms with Crippen LogP contribution in [0.15, 0.2) is 165 Å². The summed E-state index contributed by atoms with van der Waals surface area (Å²) < 4.78 is 6.88. The number of nitrogens with zero attached hydrogens (tertiary/aromatic N) is 9. The summed E-state index contributed by atoms with van der Waals surface area (Å²) in [4.78, 5) is 27.3. The molecule has 12 aromatic rings. The van der Waals surface area contributed by atoms with Crippen LogP contribution >= 0.6 is 0 Å². The lowest BCUT2D eigenvalue weighted by molar-refractivity contribution is -0.633. The minimum atomic E-state index is 0.186. The van der Waals surface area contributed by atoms with Gasteiger partial charge in [0.2, 0.25) is 33.6 Å². The van der Waals surface area contributed by atoms with E-state index in [0.29, 0.717) is 11.8 Å². The molecule has 456 valence electrons. The molecule has 0 radical (unpaired) electrons. The molecule has 0 aliphatic carbocycles. The molecule has 0 amide bonds. The van der Waals surface area contributed by atoms with Crippen LogP contribution in [0.4, 0.5) is 0 Å². The zero-order chi connectivity index (χ0) is 64.5. The van der Waals surface area contributed by atoms with E-state index in [4.69, 9.17) is 0 Å². The van der Waals surface area contributed by atoms with Crippen LogP contribution < -0.4 is 13.7 Å².